The minimum absolute atomic E-state index is 0. The maximum absolute atomic E-state index is 13.3. The van der Waals surface area contributed by atoms with Gasteiger partial charge in [-0.3, -0.25) is 19.2 Å². The summed E-state index contributed by atoms with van der Waals surface area (Å²) in [6, 6.07) is 8.90. The molecule has 12 nitrogen and oxygen atoms in total. The number of carboxylic acids is 2. The molecule has 0 bridgehead atoms. The molecule has 0 spiro atoms. The summed E-state index contributed by atoms with van der Waals surface area (Å²) < 4.78 is 26.6. The van der Waals surface area contributed by atoms with E-state index >= 15 is 0 Å². The maximum atomic E-state index is 13.3. The number of nitrogens with two attached hydrogens (primary N) is 2. The van der Waals surface area contributed by atoms with E-state index in [4.69, 9.17) is 11.5 Å². The van der Waals surface area contributed by atoms with Crippen LogP contribution in [0.3, 0.4) is 0 Å². The number of hydrogen-bond donors (Lipinski definition) is 4. The molecule has 0 aliphatic rings. The number of benzene rings is 2. The number of amides is 4. The third-order valence-electron chi connectivity index (χ3n) is 5.20. The van der Waals surface area contributed by atoms with E-state index < -0.39 is 59.3 Å². The van der Waals surface area contributed by atoms with Gasteiger partial charge in [0, 0.05) is 36.1 Å². The minimum atomic E-state index is -1.52. The van der Waals surface area contributed by atoms with Crippen LogP contribution in [0.5, 0.6) is 0 Å². The van der Waals surface area contributed by atoms with Gasteiger partial charge in [0.1, 0.15) is 11.6 Å². The Morgan fingerprint density at radius 2 is 0.977 bits per heavy atom. The molecular weight excluding hydrogens is 604 g/mol. The second kappa shape index (κ2) is 23.0. The quantitative estimate of drug-likeness (QED) is 0.115. The second-order valence-electron chi connectivity index (χ2n) is 8.48. The van der Waals surface area contributed by atoms with E-state index in [1.165, 1.54) is 48.6 Å². The summed E-state index contributed by atoms with van der Waals surface area (Å²) in [6.07, 6.45) is 3.69. The van der Waals surface area contributed by atoms with Crippen LogP contribution in [0.15, 0.2) is 60.7 Å². The number of primary amides is 2. The third kappa shape index (κ3) is 18.3. The monoisotopic (exact) mass is 632 g/mol. The Bertz CT molecular complexity index is 1260. The number of rotatable bonds is 14. The third-order valence-corrected chi connectivity index (χ3v) is 5.20. The average molecular weight is 633 g/mol. The fourth-order valence-electron chi connectivity index (χ4n) is 3.06. The van der Waals surface area contributed by atoms with Crippen molar-refractivity contribution >= 4 is 47.7 Å². The largest absolute Gasteiger partial charge is 1.00 e. The van der Waals surface area contributed by atoms with Crippen LogP contribution in [0.2, 0.25) is 0 Å². The Kier molecular flexibility index (Phi) is 22.4. The van der Waals surface area contributed by atoms with Crippen LogP contribution in [-0.4, -0.2) is 47.7 Å². The van der Waals surface area contributed by atoms with E-state index in [9.17, 15) is 47.8 Å². The van der Waals surface area contributed by atoms with Gasteiger partial charge in [0.2, 0.25) is 23.6 Å². The van der Waals surface area contributed by atoms with Crippen molar-refractivity contribution in [2.24, 2.45) is 11.5 Å². The molecule has 0 saturated heterocycles. The van der Waals surface area contributed by atoms with Gasteiger partial charge in [-0.15, -0.1) is 0 Å². The molecule has 0 fully saturated rings. The first-order valence-electron chi connectivity index (χ1n) is 12.2. The maximum Gasteiger partial charge on any atom is 1.00 e. The van der Waals surface area contributed by atoms with Gasteiger partial charge >= 0.3 is 59.1 Å². The van der Waals surface area contributed by atoms with Gasteiger partial charge in [-0.05, 0) is 37.1 Å². The number of hydrogen-bond acceptors (Lipinski definition) is 8. The molecule has 224 valence electrons. The van der Waals surface area contributed by atoms with Crippen molar-refractivity contribution in [3.05, 3.63) is 83.4 Å². The van der Waals surface area contributed by atoms with Crippen LogP contribution in [-0.2, 0) is 28.8 Å². The average Bonchev–Trinajstić information content (AvgIpc) is 2.92. The standard InChI is InChI=1S/2C14H15FN2O4.2Na/c2*15-10-4-2-1-3-9(10)5-8-13(19)17-11(14(20)21)6-7-12(16)18;;/h2*1-5,8,11H,6-7H2,(H2,16,18)(H,17,19)(H,20,21);;/q;;2*+1/p-2/t2*11-;;/m00../s1. The Hall–Kier alpha value is -3.40. The van der Waals surface area contributed by atoms with Gasteiger partial charge in [0.25, 0.3) is 0 Å². The van der Waals surface area contributed by atoms with E-state index in [-0.39, 0.29) is 95.9 Å². The number of aliphatic carboxylic acids is 2. The molecule has 6 N–H and O–H groups in total. The molecule has 4 amide bonds. The van der Waals surface area contributed by atoms with Gasteiger partial charge in [-0.2, -0.15) is 0 Å². The van der Waals surface area contributed by atoms with Crippen molar-refractivity contribution < 1.29 is 107 Å². The number of carbonyl (C=O) groups excluding carboxylic acids is 6. The van der Waals surface area contributed by atoms with Crippen molar-refractivity contribution in [1.29, 1.82) is 0 Å². The fourth-order valence-corrected chi connectivity index (χ4v) is 3.06. The molecule has 2 aromatic rings. The summed E-state index contributed by atoms with van der Waals surface area (Å²) in [5.74, 6) is -6.91. The van der Waals surface area contributed by atoms with Gasteiger partial charge < -0.3 is 41.9 Å². The normalized spacial score (nSPS) is 11.5. The van der Waals surface area contributed by atoms with Gasteiger partial charge in [-0.25, -0.2) is 8.78 Å². The first-order chi connectivity index (χ1) is 19.8. The summed E-state index contributed by atoms with van der Waals surface area (Å²) in [5, 5.41) is 25.9. The van der Waals surface area contributed by atoms with Crippen LogP contribution < -0.4 is 91.4 Å². The Morgan fingerprint density at radius 1 is 0.659 bits per heavy atom. The molecule has 0 aliphatic carbocycles. The first kappa shape index (κ1) is 42.7. The van der Waals surface area contributed by atoms with Crippen LogP contribution in [0.4, 0.5) is 8.78 Å². The van der Waals surface area contributed by atoms with Gasteiger partial charge in [-0.1, -0.05) is 36.4 Å². The van der Waals surface area contributed by atoms with Crippen LogP contribution in [0.1, 0.15) is 36.8 Å². The van der Waals surface area contributed by atoms with Crippen molar-refractivity contribution in [3.8, 4) is 0 Å². The van der Waals surface area contributed by atoms with E-state index in [1.807, 2.05) is 0 Å². The molecule has 0 radical (unpaired) electrons. The Labute approximate surface area is 295 Å². The van der Waals surface area contributed by atoms with Crippen LogP contribution in [0, 0.1) is 11.6 Å². The molecule has 0 unspecified atom stereocenters. The van der Waals surface area contributed by atoms with Crippen molar-refractivity contribution in [2.75, 3.05) is 0 Å². The van der Waals surface area contributed by atoms with E-state index in [0.717, 1.165) is 12.2 Å². The number of nitrogens with one attached hydrogen (secondary N) is 2. The molecule has 2 rings (SSSR count). The van der Waals surface area contributed by atoms with E-state index in [2.05, 4.69) is 10.6 Å². The van der Waals surface area contributed by atoms with Crippen molar-refractivity contribution in [1.82, 2.24) is 10.6 Å². The molecule has 0 saturated carbocycles. The van der Waals surface area contributed by atoms with Gasteiger partial charge in [0.05, 0.1) is 24.0 Å². The molecule has 0 heterocycles. The predicted molar refractivity (Wildman–Crippen MR) is 142 cm³/mol. The molecule has 16 heteroatoms. The van der Waals surface area contributed by atoms with Gasteiger partial charge in [0.15, 0.2) is 0 Å². The summed E-state index contributed by atoms with van der Waals surface area (Å²) in [7, 11) is 0. The predicted octanol–water partition coefficient (Wildman–Crippen LogP) is -7.31. The minimum Gasteiger partial charge on any atom is -0.548 e. The van der Waals surface area contributed by atoms with Crippen LogP contribution in [0.25, 0.3) is 12.2 Å². The smallest absolute Gasteiger partial charge is 0.548 e. The Morgan fingerprint density at radius 3 is 1.25 bits per heavy atom. The zero-order valence-electron chi connectivity index (χ0n) is 24.1. The number of halogens is 2. The molecule has 0 aromatic heterocycles. The zero-order chi connectivity index (χ0) is 31.7. The Balaban J connectivity index is 0. The summed E-state index contributed by atoms with van der Waals surface area (Å²) >= 11 is 0. The van der Waals surface area contributed by atoms with Crippen LogP contribution >= 0.6 is 0 Å². The van der Waals surface area contributed by atoms with Crippen molar-refractivity contribution in [2.45, 2.75) is 37.8 Å². The first-order valence-corrected chi connectivity index (χ1v) is 12.2. The molecule has 44 heavy (non-hydrogen) atoms. The summed E-state index contributed by atoms with van der Waals surface area (Å²) in [4.78, 5) is 65.9. The zero-order valence-corrected chi connectivity index (χ0v) is 28.1. The van der Waals surface area contributed by atoms with E-state index in [0.29, 0.717) is 0 Å². The summed E-state index contributed by atoms with van der Waals surface area (Å²) in [5.41, 5.74) is 10.2. The van der Waals surface area contributed by atoms with E-state index in [1.54, 1.807) is 12.1 Å². The number of carbonyl (C=O) groups is 6. The number of carboxylic acid groups (broad SMARTS) is 2. The molecule has 0 aliphatic heterocycles. The SMILES string of the molecule is NC(=O)CC[C@H](NC(=O)C=Cc1ccccc1F)C(=O)[O-].NC(=O)CC[C@H](NC(=O)C=Cc1ccccc1F)C(=O)[O-].[Na+].[Na+]. The molecular formula is C28H28F2N4Na2O8. The second-order valence-corrected chi connectivity index (χ2v) is 8.48. The molecule has 2 aromatic carbocycles. The molecule has 2 atom stereocenters. The van der Waals surface area contributed by atoms with Crippen molar-refractivity contribution in [3.63, 3.8) is 0 Å². The summed E-state index contributed by atoms with van der Waals surface area (Å²) in [6.45, 7) is 0. The topological polar surface area (TPSA) is 225 Å². The fraction of sp³-hybridized carbons (Fsp3) is 0.214.